The summed E-state index contributed by atoms with van der Waals surface area (Å²) in [6, 6.07) is 0.298. The molecule has 0 bridgehead atoms. The normalized spacial score (nSPS) is 17.4. The molecule has 1 saturated heterocycles. The van der Waals surface area contributed by atoms with Crippen LogP contribution in [-0.4, -0.2) is 73.5 Å². The van der Waals surface area contributed by atoms with Gasteiger partial charge in [0.25, 0.3) is 0 Å². The minimum absolute atomic E-state index is 0. The Bertz CT molecular complexity index is 425. The third-order valence-electron chi connectivity index (χ3n) is 4.66. The summed E-state index contributed by atoms with van der Waals surface area (Å²) in [5.41, 5.74) is 0. The van der Waals surface area contributed by atoms with E-state index in [0.29, 0.717) is 6.04 Å². The molecule has 1 aliphatic heterocycles. The first-order chi connectivity index (χ1) is 12.5. The Labute approximate surface area is 183 Å². The number of hydrogen-bond donors (Lipinski definition) is 2. The summed E-state index contributed by atoms with van der Waals surface area (Å²) in [6.45, 7) is 17.3. The van der Waals surface area contributed by atoms with Crippen LogP contribution in [0, 0.1) is 5.92 Å². The number of halogens is 1. The molecule has 1 aliphatic rings. The number of likely N-dealkylation sites (tertiary alicyclic amines) is 1. The van der Waals surface area contributed by atoms with Crippen molar-refractivity contribution in [2.75, 3.05) is 45.8 Å². The van der Waals surface area contributed by atoms with Crippen LogP contribution in [0.3, 0.4) is 0 Å². The fourth-order valence-electron chi connectivity index (χ4n) is 3.41. The van der Waals surface area contributed by atoms with Gasteiger partial charge in [0.05, 0.1) is 0 Å². The van der Waals surface area contributed by atoms with Crippen molar-refractivity contribution in [3.8, 4) is 0 Å². The van der Waals surface area contributed by atoms with Gasteiger partial charge in [-0.05, 0) is 52.2 Å². The summed E-state index contributed by atoms with van der Waals surface area (Å²) in [4.78, 5) is 21.4. The lowest BCUT2D eigenvalue weighted by Crippen LogP contribution is -2.45. The summed E-state index contributed by atoms with van der Waals surface area (Å²) in [5.74, 6) is 1.21. The van der Waals surface area contributed by atoms with Gasteiger partial charge < -0.3 is 20.4 Å². The Morgan fingerprint density at radius 1 is 1.19 bits per heavy atom. The zero-order valence-corrected chi connectivity index (χ0v) is 20.4. The van der Waals surface area contributed by atoms with Crippen LogP contribution in [0.25, 0.3) is 0 Å². The van der Waals surface area contributed by atoms with Crippen molar-refractivity contribution in [1.29, 1.82) is 0 Å². The number of rotatable bonds is 11. The molecule has 1 rings (SSSR count). The summed E-state index contributed by atoms with van der Waals surface area (Å²) in [5, 5.41) is 6.85. The van der Waals surface area contributed by atoms with Crippen molar-refractivity contribution in [1.82, 2.24) is 20.4 Å². The van der Waals surface area contributed by atoms with Gasteiger partial charge in [0.2, 0.25) is 5.91 Å². The lowest BCUT2D eigenvalue weighted by Gasteiger charge is -2.21. The standard InChI is InChI=1S/C20H41N5O.HI/c1-6-12-24(13-7-2)14-9-11-22-20(21-8-3)23-18-10-15-25(16-18)19(26)17(4)5;/h17-18H,6-16H2,1-5H3,(H2,21,22,23);1H. The van der Waals surface area contributed by atoms with Gasteiger partial charge in [0.15, 0.2) is 5.96 Å². The molecule has 6 nitrogen and oxygen atoms in total. The molecular formula is C20H42IN5O. The molecule has 7 heteroatoms. The van der Waals surface area contributed by atoms with Crippen molar-refractivity contribution >= 4 is 35.8 Å². The first kappa shape index (κ1) is 26.4. The van der Waals surface area contributed by atoms with Crippen LogP contribution in [0.15, 0.2) is 4.99 Å². The van der Waals surface area contributed by atoms with Gasteiger partial charge in [0.1, 0.15) is 0 Å². The van der Waals surface area contributed by atoms with Gasteiger partial charge >= 0.3 is 0 Å². The van der Waals surface area contributed by atoms with Crippen molar-refractivity contribution in [2.24, 2.45) is 10.9 Å². The zero-order chi connectivity index (χ0) is 19.4. The summed E-state index contributed by atoms with van der Waals surface area (Å²) in [6.07, 6.45) is 4.49. The van der Waals surface area contributed by atoms with Gasteiger partial charge in [-0.15, -0.1) is 24.0 Å². The molecule has 1 atom stereocenters. The molecule has 1 unspecified atom stereocenters. The zero-order valence-electron chi connectivity index (χ0n) is 18.1. The average molecular weight is 495 g/mol. The van der Waals surface area contributed by atoms with E-state index in [9.17, 15) is 4.79 Å². The maximum Gasteiger partial charge on any atom is 0.225 e. The molecule has 0 radical (unpaired) electrons. The number of hydrogen-bond acceptors (Lipinski definition) is 3. The van der Waals surface area contributed by atoms with Crippen LogP contribution in [0.1, 0.15) is 60.3 Å². The molecule has 0 aromatic heterocycles. The first-order valence-corrected chi connectivity index (χ1v) is 10.6. The van der Waals surface area contributed by atoms with Crippen molar-refractivity contribution in [3.05, 3.63) is 0 Å². The van der Waals surface area contributed by atoms with E-state index in [1.54, 1.807) is 0 Å². The Hall–Kier alpha value is -0.570. The maximum atomic E-state index is 12.1. The summed E-state index contributed by atoms with van der Waals surface area (Å²) in [7, 11) is 0. The molecule has 0 spiro atoms. The highest BCUT2D eigenvalue weighted by Crippen LogP contribution is 2.12. The average Bonchev–Trinajstić information content (AvgIpc) is 3.06. The van der Waals surface area contributed by atoms with Gasteiger partial charge in [-0.2, -0.15) is 0 Å². The van der Waals surface area contributed by atoms with E-state index in [4.69, 9.17) is 4.99 Å². The topological polar surface area (TPSA) is 60.0 Å². The van der Waals surface area contributed by atoms with Crippen LogP contribution >= 0.6 is 24.0 Å². The maximum absolute atomic E-state index is 12.1. The molecule has 0 saturated carbocycles. The number of amides is 1. The van der Waals surface area contributed by atoms with Gasteiger partial charge in [-0.25, -0.2) is 0 Å². The Morgan fingerprint density at radius 2 is 1.85 bits per heavy atom. The second-order valence-corrected chi connectivity index (χ2v) is 7.52. The van der Waals surface area contributed by atoms with E-state index in [1.165, 1.54) is 25.9 Å². The molecule has 160 valence electrons. The van der Waals surface area contributed by atoms with Gasteiger partial charge in [-0.3, -0.25) is 9.79 Å². The predicted octanol–water partition coefficient (Wildman–Crippen LogP) is 2.93. The molecule has 2 N–H and O–H groups in total. The van der Waals surface area contributed by atoms with Gasteiger partial charge in [-0.1, -0.05) is 27.7 Å². The van der Waals surface area contributed by atoms with E-state index in [-0.39, 0.29) is 35.8 Å². The fraction of sp³-hybridized carbons (Fsp3) is 0.900. The second kappa shape index (κ2) is 15.4. The molecule has 1 heterocycles. The van der Waals surface area contributed by atoms with Crippen LogP contribution in [0.2, 0.25) is 0 Å². The minimum Gasteiger partial charge on any atom is -0.357 e. The second-order valence-electron chi connectivity index (χ2n) is 7.52. The Morgan fingerprint density at radius 3 is 2.41 bits per heavy atom. The lowest BCUT2D eigenvalue weighted by molar-refractivity contribution is -0.133. The molecule has 0 aromatic rings. The number of nitrogens with zero attached hydrogens (tertiary/aromatic N) is 3. The van der Waals surface area contributed by atoms with E-state index in [1.807, 2.05) is 18.7 Å². The van der Waals surface area contributed by atoms with E-state index in [2.05, 4.69) is 36.3 Å². The lowest BCUT2D eigenvalue weighted by atomic mass is 10.2. The third-order valence-corrected chi connectivity index (χ3v) is 4.66. The van der Waals surface area contributed by atoms with Crippen molar-refractivity contribution in [2.45, 2.75) is 66.3 Å². The fourth-order valence-corrected chi connectivity index (χ4v) is 3.41. The van der Waals surface area contributed by atoms with Crippen LogP contribution in [0.4, 0.5) is 0 Å². The molecule has 1 fully saturated rings. The van der Waals surface area contributed by atoms with Crippen molar-refractivity contribution in [3.63, 3.8) is 0 Å². The third kappa shape index (κ3) is 10.5. The molecule has 27 heavy (non-hydrogen) atoms. The monoisotopic (exact) mass is 495 g/mol. The van der Waals surface area contributed by atoms with Crippen LogP contribution in [0.5, 0.6) is 0 Å². The van der Waals surface area contributed by atoms with Crippen molar-refractivity contribution < 1.29 is 4.79 Å². The SMILES string of the molecule is CCCN(CCC)CCCN=C(NCC)NC1CCN(C(=O)C(C)C)C1.I. The summed E-state index contributed by atoms with van der Waals surface area (Å²) < 4.78 is 0. The highest BCUT2D eigenvalue weighted by atomic mass is 127. The Balaban J connectivity index is 0.00000676. The number of carbonyl (C=O) groups is 1. The number of guanidine groups is 1. The largest absolute Gasteiger partial charge is 0.357 e. The van der Waals surface area contributed by atoms with E-state index in [0.717, 1.165) is 51.5 Å². The number of carbonyl (C=O) groups excluding carboxylic acids is 1. The first-order valence-electron chi connectivity index (χ1n) is 10.6. The Kier molecular flexibility index (Phi) is 15.0. The molecule has 1 amide bonds. The van der Waals surface area contributed by atoms with E-state index >= 15 is 0 Å². The molecule has 0 aliphatic carbocycles. The van der Waals surface area contributed by atoms with Crippen LogP contribution < -0.4 is 10.6 Å². The minimum atomic E-state index is 0. The van der Waals surface area contributed by atoms with Crippen LogP contribution in [-0.2, 0) is 4.79 Å². The highest BCUT2D eigenvalue weighted by molar-refractivity contribution is 14.0. The highest BCUT2D eigenvalue weighted by Gasteiger charge is 2.27. The quantitative estimate of drug-likeness (QED) is 0.200. The predicted molar refractivity (Wildman–Crippen MR) is 126 cm³/mol. The number of aliphatic imine (C=N–C) groups is 1. The molecule has 0 aromatic carbocycles. The van der Waals surface area contributed by atoms with E-state index < -0.39 is 0 Å². The smallest absolute Gasteiger partial charge is 0.225 e. The molecular weight excluding hydrogens is 453 g/mol. The summed E-state index contributed by atoms with van der Waals surface area (Å²) >= 11 is 0. The number of nitrogens with one attached hydrogen (secondary N) is 2. The van der Waals surface area contributed by atoms with Gasteiger partial charge in [0, 0.05) is 38.1 Å².